The van der Waals surface area contributed by atoms with Gasteiger partial charge in [0.2, 0.25) is 5.91 Å². The molecule has 150 valence electrons. The topological polar surface area (TPSA) is 70.5 Å². The molecule has 1 amide bonds. The molecule has 1 unspecified atom stereocenters. The van der Waals surface area contributed by atoms with Gasteiger partial charge in [-0.2, -0.15) is 0 Å². The Morgan fingerprint density at radius 2 is 1.97 bits per heavy atom. The third-order valence-electron chi connectivity index (χ3n) is 4.83. The molecule has 1 atom stereocenters. The molecule has 1 aromatic heterocycles. The van der Waals surface area contributed by atoms with E-state index in [1.165, 1.54) is 23.1 Å². The average molecular weight is 467 g/mol. The third kappa shape index (κ3) is 3.84. The van der Waals surface area contributed by atoms with Crippen molar-refractivity contribution >= 4 is 74.1 Å². The maximum atomic E-state index is 13.1. The second-order valence-corrected chi connectivity index (χ2v) is 9.99. The van der Waals surface area contributed by atoms with Gasteiger partial charge in [0, 0.05) is 4.90 Å². The lowest BCUT2D eigenvalue weighted by Crippen LogP contribution is -2.41. The molecule has 0 saturated carbocycles. The Morgan fingerprint density at radius 3 is 2.69 bits per heavy atom. The number of nitrogens with zero attached hydrogens (tertiary/aromatic N) is 2. The minimum atomic E-state index is -0.996. The molecule has 0 radical (unpaired) electrons. The van der Waals surface area contributed by atoms with Crippen LogP contribution < -0.4 is 4.90 Å². The molecule has 1 aliphatic heterocycles. The van der Waals surface area contributed by atoms with Gasteiger partial charge in [0.15, 0.2) is 0 Å². The van der Waals surface area contributed by atoms with Crippen LogP contribution in [0.3, 0.4) is 0 Å². The zero-order chi connectivity index (χ0) is 20.9. The zero-order valence-corrected chi connectivity index (χ0v) is 18.7. The van der Waals surface area contributed by atoms with Crippen LogP contribution in [0.2, 0.25) is 10.0 Å². The van der Waals surface area contributed by atoms with Crippen LogP contribution in [-0.2, 0) is 16.1 Å². The summed E-state index contributed by atoms with van der Waals surface area (Å²) in [4.78, 5) is 31.5. The number of rotatable bonds is 4. The number of anilines is 1. The Bertz CT molecular complexity index is 1160. The minimum Gasteiger partial charge on any atom is -0.481 e. The fourth-order valence-corrected chi connectivity index (χ4v) is 5.89. The second kappa shape index (κ2) is 7.80. The number of hydrogen-bond donors (Lipinski definition) is 1. The quantitative estimate of drug-likeness (QED) is 0.533. The molecule has 9 heteroatoms. The van der Waals surface area contributed by atoms with Crippen LogP contribution in [0.1, 0.15) is 22.6 Å². The van der Waals surface area contributed by atoms with Gasteiger partial charge in [0.05, 0.1) is 38.6 Å². The van der Waals surface area contributed by atoms with Crippen molar-refractivity contribution in [2.24, 2.45) is 0 Å². The SMILES string of the molecule is Cc1cc2c(cc1C)N(Cc1nc3c(Cl)c(Cl)ccc3s1)C(=O)C(CC(=O)O)S2. The van der Waals surface area contributed by atoms with Gasteiger partial charge >= 0.3 is 5.97 Å². The number of thiazole rings is 1. The van der Waals surface area contributed by atoms with E-state index in [1.54, 1.807) is 11.0 Å². The average Bonchev–Trinajstić information content (AvgIpc) is 3.07. The number of aromatic nitrogens is 1. The Morgan fingerprint density at radius 1 is 1.24 bits per heavy atom. The zero-order valence-electron chi connectivity index (χ0n) is 15.5. The number of hydrogen-bond acceptors (Lipinski definition) is 5. The highest BCUT2D eigenvalue weighted by Crippen LogP contribution is 2.43. The number of carboxylic acid groups (broad SMARTS) is 1. The molecule has 0 aliphatic carbocycles. The number of halogens is 2. The van der Waals surface area contributed by atoms with E-state index in [9.17, 15) is 14.7 Å². The van der Waals surface area contributed by atoms with E-state index in [0.717, 1.165) is 26.4 Å². The second-order valence-electron chi connectivity index (χ2n) is 6.85. The van der Waals surface area contributed by atoms with Gasteiger partial charge in [0.1, 0.15) is 10.5 Å². The smallest absolute Gasteiger partial charge is 0.305 e. The van der Waals surface area contributed by atoms with Crippen molar-refractivity contribution in [1.29, 1.82) is 0 Å². The maximum Gasteiger partial charge on any atom is 0.305 e. The Balaban J connectivity index is 1.76. The van der Waals surface area contributed by atoms with Crippen LogP contribution in [0.25, 0.3) is 10.2 Å². The van der Waals surface area contributed by atoms with Crippen LogP contribution in [0.15, 0.2) is 29.2 Å². The monoisotopic (exact) mass is 466 g/mol. The normalized spacial score (nSPS) is 16.3. The molecule has 2 heterocycles. The molecule has 5 nitrogen and oxygen atoms in total. The lowest BCUT2D eigenvalue weighted by atomic mass is 10.1. The number of thioether (sulfide) groups is 1. The largest absolute Gasteiger partial charge is 0.481 e. The first-order valence-electron chi connectivity index (χ1n) is 8.79. The van der Waals surface area contributed by atoms with Gasteiger partial charge in [-0.05, 0) is 49.2 Å². The molecule has 0 saturated heterocycles. The number of aryl methyl sites for hydroxylation is 2. The molecule has 0 fully saturated rings. The molecule has 29 heavy (non-hydrogen) atoms. The van der Waals surface area contributed by atoms with Gasteiger partial charge in [-0.25, -0.2) is 4.98 Å². The first-order valence-corrected chi connectivity index (χ1v) is 11.2. The standard InChI is InChI=1S/C20H16Cl2N2O3S2/c1-9-5-12-14(6-10(9)2)28-15(7-17(25)26)20(27)24(12)8-16-23-19-13(29-16)4-3-11(21)18(19)22/h3-6,15H,7-8H2,1-2H3,(H,25,26). The number of carbonyl (C=O) groups excluding carboxylic acids is 1. The number of aliphatic carboxylic acids is 1. The molecule has 2 aromatic carbocycles. The number of carboxylic acids is 1. The van der Waals surface area contributed by atoms with E-state index in [-0.39, 0.29) is 18.9 Å². The van der Waals surface area contributed by atoms with Gasteiger partial charge < -0.3 is 10.0 Å². The van der Waals surface area contributed by atoms with E-state index in [0.29, 0.717) is 20.6 Å². The van der Waals surface area contributed by atoms with E-state index >= 15 is 0 Å². The van der Waals surface area contributed by atoms with Gasteiger partial charge in [-0.15, -0.1) is 23.1 Å². The van der Waals surface area contributed by atoms with Crippen LogP contribution in [-0.4, -0.2) is 27.2 Å². The molecule has 1 aliphatic rings. The summed E-state index contributed by atoms with van der Waals surface area (Å²) in [6.45, 7) is 4.24. The number of benzene rings is 2. The predicted molar refractivity (Wildman–Crippen MR) is 119 cm³/mol. The molecule has 3 aromatic rings. The van der Waals surface area contributed by atoms with Crippen molar-refractivity contribution in [3.63, 3.8) is 0 Å². The Kier molecular flexibility index (Phi) is 5.50. The van der Waals surface area contributed by atoms with E-state index < -0.39 is 11.2 Å². The third-order valence-corrected chi connectivity index (χ3v) is 7.86. The fraction of sp³-hybridized carbons (Fsp3) is 0.250. The molecule has 1 N–H and O–H groups in total. The van der Waals surface area contributed by atoms with Crippen LogP contribution in [0.5, 0.6) is 0 Å². The van der Waals surface area contributed by atoms with Crippen molar-refractivity contribution in [3.05, 3.63) is 50.4 Å². The van der Waals surface area contributed by atoms with Gasteiger partial charge in [0.25, 0.3) is 0 Å². The Labute approximate surface area is 185 Å². The van der Waals surface area contributed by atoms with E-state index in [1.807, 2.05) is 32.0 Å². The fourth-order valence-electron chi connectivity index (χ4n) is 3.21. The number of amides is 1. The van der Waals surface area contributed by atoms with Crippen LogP contribution in [0, 0.1) is 13.8 Å². The lowest BCUT2D eigenvalue weighted by molar-refractivity contribution is -0.138. The highest BCUT2D eigenvalue weighted by atomic mass is 35.5. The summed E-state index contributed by atoms with van der Waals surface area (Å²) >= 11 is 15.1. The van der Waals surface area contributed by atoms with Crippen LogP contribution in [0.4, 0.5) is 5.69 Å². The molecule has 0 bridgehead atoms. The summed E-state index contributed by atoms with van der Waals surface area (Å²) in [7, 11) is 0. The minimum absolute atomic E-state index is 0.225. The van der Waals surface area contributed by atoms with Gasteiger partial charge in [-0.3, -0.25) is 9.59 Å². The summed E-state index contributed by atoms with van der Waals surface area (Å²) in [6, 6.07) is 7.57. The summed E-state index contributed by atoms with van der Waals surface area (Å²) < 4.78 is 0.885. The molecule has 4 rings (SSSR count). The first-order chi connectivity index (χ1) is 13.7. The number of fused-ring (bicyclic) bond motifs is 2. The molecule has 0 spiro atoms. The summed E-state index contributed by atoms with van der Waals surface area (Å²) in [5.41, 5.74) is 3.56. The van der Waals surface area contributed by atoms with Crippen molar-refractivity contribution in [2.75, 3.05) is 4.90 Å². The highest BCUT2D eigenvalue weighted by Gasteiger charge is 2.35. The number of carbonyl (C=O) groups is 2. The van der Waals surface area contributed by atoms with Gasteiger partial charge in [-0.1, -0.05) is 23.2 Å². The predicted octanol–water partition coefficient (Wildman–Crippen LogP) is 5.70. The van der Waals surface area contributed by atoms with E-state index in [4.69, 9.17) is 23.2 Å². The van der Waals surface area contributed by atoms with E-state index in [2.05, 4.69) is 4.98 Å². The summed E-state index contributed by atoms with van der Waals surface area (Å²) in [5, 5.41) is 10.1. The molecular formula is C20H16Cl2N2O3S2. The maximum absolute atomic E-state index is 13.1. The summed E-state index contributed by atoms with van der Waals surface area (Å²) in [6.07, 6.45) is -0.229. The van der Waals surface area contributed by atoms with Crippen molar-refractivity contribution in [3.8, 4) is 0 Å². The van der Waals surface area contributed by atoms with Crippen molar-refractivity contribution in [2.45, 2.75) is 37.0 Å². The summed E-state index contributed by atoms with van der Waals surface area (Å²) in [5.74, 6) is -1.22. The van der Waals surface area contributed by atoms with Crippen molar-refractivity contribution in [1.82, 2.24) is 4.98 Å². The lowest BCUT2D eigenvalue weighted by Gasteiger charge is -2.33. The Hall–Kier alpha value is -1.80. The first kappa shape index (κ1) is 20.5. The molecular weight excluding hydrogens is 451 g/mol. The van der Waals surface area contributed by atoms with Crippen molar-refractivity contribution < 1.29 is 14.7 Å². The highest BCUT2D eigenvalue weighted by molar-refractivity contribution is 8.01. The van der Waals surface area contributed by atoms with Crippen LogP contribution >= 0.6 is 46.3 Å².